The number of nitrogens with zero attached hydrogens (tertiary/aromatic N) is 3. The number of nitrogens with one attached hydrogen (secondary N) is 1. The maximum absolute atomic E-state index is 14.9. The summed E-state index contributed by atoms with van der Waals surface area (Å²) in [6.45, 7) is 0.877. The summed E-state index contributed by atoms with van der Waals surface area (Å²) in [5.74, 6) is -0.0417. The molecule has 1 saturated heterocycles. The van der Waals surface area contributed by atoms with Crippen LogP contribution in [-0.2, 0) is 0 Å². The summed E-state index contributed by atoms with van der Waals surface area (Å²) in [5.41, 5.74) is 4.14. The first-order chi connectivity index (χ1) is 16.6. The number of pyridine rings is 2. The molecular weight excluding hydrogens is 471 g/mol. The third-order valence-corrected chi connectivity index (χ3v) is 7.20. The molecule has 0 unspecified atom stereocenters. The summed E-state index contributed by atoms with van der Waals surface area (Å²) < 4.78 is 17.0. The number of carbonyl (C=O) groups excluding carboxylic acids is 1. The zero-order valence-electron chi connectivity index (χ0n) is 18.3. The van der Waals surface area contributed by atoms with Gasteiger partial charge in [0.05, 0.1) is 27.3 Å². The topological polar surface area (TPSA) is 58.1 Å². The number of aromatic nitrogens is 2. The number of amides is 1. The van der Waals surface area contributed by atoms with Crippen LogP contribution in [0, 0.1) is 5.82 Å². The van der Waals surface area contributed by atoms with Crippen molar-refractivity contribution in [3.05, 3.63) is 83.3 Å². The lowest BCUT2D eigenvalue weighted by molar-refractivity contribution is 0.102. The van der Waals surface area contributed by atoms with Gasteiger partial charge in [-0.25, -0.2) is 9.37 Å². The molecule has 172 valence electrons. The maximum Gasteiger partial charge on any atom is 0.258 e. The normalized spacial score (nSPS) is 14.1. The van der Waals surface area contributed by atoms with Crippen molar-refractivity contribution in [2.24, 2.45) is 0 Å². The van der Waals surface area contributed by atoms with Crippen LogP contribution in [0.15, 0.2) is 66.9 Å². The summed E-state index contributed by atoms with van der Waals surface area (Å²) in [5, 5.41) is 3.29. The average Bonchev–Trinajstić information content (AvgIpc) is 3.14. The predicted octanol–water partition coefficient (Wildman–Crippen LogP) is 6.98. The van der Waals surface area contributed by atoms with Crippen LogP contribution in [0.5, 0.6) is 0 Å². The smallest absolute Gasteiger partial charge is 0.258 e. The Morgan fingerprint density at radius 2 is 1.94 bits per heavy atom. The summed E-state index contributed by atoms with van der Waals surface area (Å²) >= 11 is 8.14. The van der Waals surface area contributed by atoms with E-state index in [-0.39, 0.29) is 5.56 Å². The molecule has 5 nitrogen and oxygen atoms in total. The fourth-order valence-electron chi connectivity index (χ4n) is 3.93. The number of rotatable bonds is 4. The summed E-state index contributed by atoms with van der Waals surface area (Å²) in [6, 6.07) is 17.3. The average molecular weight is 493 g/mol. The largest absolute Gasteiger partial charge is 0.322 e. The van der Waals surface area contributed by atoms with Gasteiger partial charge in [-0.1, -0.05) is 18.0 Å². The molecule has 0 atom stereocenters. The molecule has 2 aromatic carbocycles. The number of anilines is 2. The Morgan fingerprint density at radius 3 is 2.82 bits per heavy atom. The lowest BCUT2D eigenvalue weighted by Crippen LogP contribution is -2.17. The minimum atomic E-state index is -0.544. The zero-order valence-corrected chi connectivity index (χ0v) is 19.9. The monoisotopic (exact) mass is 492 g/mol. The number of hydrogen-bond donors (Lipinski definition) is 1. The van der Waals surface area contributed by atoms with Crippen molar-refractivity contribution in [1.29, 1.82) is 0 Å². The Hall–Kier alpha value is -3.16. The highest BCUT2D eigenvalue weighted by Gasteiger charge is 2.17. The van der Waals surface area contributed by atoms with E-state index in [0.29, 0.717) is 22.0 Å². The van der Waals surface area contributed by atoms with Gasteiger partial charge in [0.2, 0.25) is 0 Å². The predicted molar refractivity (Wildman–Crippen MR) is 138 cm³/mol. The third kappa shape index (κ3) is 4.86. The third-order valence-electron chi connectivity index (χ3n) is 5.69. The molecule has 0 radical (unpaired) electrons. The molecule has 5 rings (SSSR count). The van der Waals surface area contributed by atoms with Crippen LogP contribution in [0.2, 0.25) is 5.02 Å². The summed E-state index contributed by atoms with van der Waals surface area (Å²) in [4.78, 5) is 21.8. The van der Waals surface area contributed by atoms with E-state index in [1.807, 2.05) is 24.3 Å². The Bertz CT molecular complexity index is 1360. The molecule has 1 aliphatic rings. The summed E-state index contributed by atoms with van der Waals surface area (Å²) in [7, 11) is 0. The van der Waals surface area contributed by atoms with Gasteiger partial charge in [0.25, 0.3) is 5.91 Å². The van der Waals surface area contributed by atoms with Crippen LogP contribution in [0.1, 0.15) is 29.6 Å². The fourth-order valence-corrected chi connectivity index (χ4v) is 5.21. The van der Waals surface area contributed by atoms with E-state index in [2.05, 4.69) is 19.6 Å². The zero-order chi connectivity index (χ0) is 23.5. The molecule has 0 saturated carbocycles. The molecule has 34 heavy (non-hydrogen) atoms. The van der Waals surface area contributed by atoms with Crippen molar-refractivity contribution in [3.8, 4) is 11.3 Å². The van der Waals surface area contributed by atoms with E-state index in [1.54, 1.807) is 48.5 Å². The molecule has 0 spiro atoms. The van der Waals surface area contributed by atoms with Crippen LogP contribution in [0.3, 0.4) is 0 Å². The second kappa shape index (κ2) is 9.99. The fraction of sp³-hybridized carbons (Fsp3) is 0.192. The van der Waals surface area contributed by atoms with Crippen LogP contribution in [0.25, 0.3) is 22.3 Å². The quantitative estimate of drug-likeness (QED) is 0.311. The molecule has 0 aliphatic carbocycles. The molecular formula is C26H22ClFN4OS. The molecule has 8 heteroatoms. The minimum Gasteiger partial charge on any atom is -0.322 e. The van der Waals surface area contributed by atoms with Crippen molar-refractivity contribution < 1.29 is 9.18 Å². The van der Waals surface area contributed by atoms with Gasteiger partial charge in [-0.15, -0.1) is 0 Å². The van der Waals surface area contributed by atoms with E-state index < -0.39 is 11.7 Å². The van der Waals surface area contributed by atoms with E-state index in [1.165, 1.54) is 18.9 Å². The van der Waals surface area contributed by atoms with Gasteiger partial charge >= 0.3 is 0 Å². The van der Waals surface area contributed by atoms with Gasteiger partial charge in [-0.3, -0.25) is 9.78 Å². The SMILES string of the molecule is O=C(Nc1ccc(Cl)c(-c2ccc3ncccc3n2)c1)c1ccc(N2CCCCCS2)cc1F. The number of fused-ring (bicyclic) bond motifs is 1. The first kappa shape index (κ1) is 22.6. The standard InChI is InChI=1S/C26H22ClFN4OS/c27-21-9-6-17(15-20(21)23-10-11-24-25(31-23)5-4-12-29-24)30-26(33)19-8-7-18(16-22(19)28)32-13-2-1-3-14-34-32/h4-12,15-16H,1-3,13-14H2,(H,30,33). The van der Waals surface area contributed by atoms with Gasteiger partial charge < -0.3 is 9.62 Å². The molecule has 3 heterocycles. The summed E-state index contributed by atoms with van der Waals surface area (Å²) in [6.07, 6.45) is 5.14. The van der Waals surface area contributed by atoms with Gasteiger partial charge in [0.1, 0.15) is 5.82 Å². The molecule has 0 bridgehead atoms. The first-order valence-corrected chi connectivity index (χ1v) is 12.4. The molecule has 1 aliphatic heterocycles. The highest BCUT2D eigenvalue weighted by molar-refractivity contribution is 8.00. The first-order valence-electron chi connectivity index (χ1n) is 11.1. The van der Waals surface area contributed by atoms with E-state index in [9.17, 15) is 9.18 Å². The van der Waals surface area contributed by atoms with E-state index >= 15 is 0 Å². The number of carbonyl (C=O) groups is 1. The van der Waals surface area contributed by atoms with Crippen molar-refractivity contribution >= 4 is 51.9 Å². The number of benzene rings is 2. The highest BCUT2D eigenvalue weighted by Crippen LogP contribution is 2.31. The molecule has 2 aromatic heterocycles. The van der Waals surface area contributed by atoms with Gasteiger partial charge in [0.15, 0.2) is 0 Å². The lowest BCUT2D eigenvalue weighted by atomic mass is 10.1. The highest BCUT2D eigenvalue weighted by atomic mass is 35.5. The van der Waals surface area contributed by atoms with E-state index in [4.69, 9.17) is 11.6 Å². The van der Waals surface area contributed by atoms with Crippen molar-refractivity contribution in [1.82, 2.24) is 9.97 Å². The van der Waals surface area contributed by atoms with Gasteiger partial charge in [-0.05, 0) is 85.5 Å². The lowest BCUT2D eigenvalue weighted by Gasteiger charge is -2.21. The number of hydrogen-bond acceptors (Lipinski definition) is 5. The second-order valence-corrected chi connectivity index (χ2v) is 9.56. The van der Waals surface area contributed by atoms with Crippen molar-refractivity contribution in [3.63, 3.8) is 0 Å². The van der Waals surface area contributed by atoms with Crippen LogP contribution < -0.4 is 9.62 Å². The van der Waals surface area contributed by atoms with Crippen LogP contribution in [-0.4, -0.2) is 28.2 Å². The maximum atomic E-state index is 14.9. The second-order valence-electron chi connectivity index (χ2n) is 8.05. The molecule has 1 amide bonds. The molecule has 4 aromatic rings. The van der Waals surface area contributed by atoms with Crippen molar-refractivity contribution in [2.45, 2.75) is 19.3 Å². The van der Waals surface area contributed by atoms with Gasteiger partial charge in [0, 0.05) is 35.4 Å². The van der Waals surface area contributed by atoms with Gasteiger partial charge in [-0.2, -0.15) is 0 Å². The van der Waals surface area contributed by atoms with Crippen LogP contribution in [0.4, 0.5) is 15.8 Å². The van der Waals surface area contributed by atoms with Crippen molar-refractivity contribution in [2.75, 3.05) is 21.9 Å². The Morgan fingerprint density at radius 1 is 1.03 bits per heavy atom. The Labute approximate surface area is 206 Å². The molecule has 1 fully saturated rings. The van der Waals surface area contributed by atoms with E-state index in [0.717, 1.165) is 35.4 Å². The Balaban J connectivity index is 1.37. The molecule has 1 N–H and O–H groups in total. The minimum absolute atomic E-state index is 0.00465. The Kier molecular flexibility index (Phi) is 6.65. The number of halogens is 2. The van der Waals surface area contributed by atoms with Crippen LogP contribution >= 0.6 is 23.5 Å².